The van der Waals surface area contributed by atoms with Gasteiger partial charge in [0.2, 0.25) is 0 Å². The molecule has 1 amide bonds. The smallest absolute Gasteiger partial charge is 0.273 e. The molecule has 0 spiro atoms. The fourth-order valence-corrected chi connectivity index (χ4v) is 4.26. The number of carbonyl (C=O) groups excluding carboxylic acids is 1. The Hall–Kier alpha value is -1.66. The molecule has 1 atom stereocenters. The van der Waals surface area contributed by atoms with E-state index in [2.05, 4.69) is 81.4 Å². The second kappa shape index (κ2) is 8.35. The minimum atomic E-state index is -0.142. The SMILES string of the molecule is Cc1ccc(C(CNC(=O)c2n[nH]c(C(C)C)c2Br)N2CCCC2)cc1. The van der Waals surface area contributed by atoms with E-state index in [1.165, 1.54) is 24.0 Å². The Morgan fingerprint density at radius 3 is 2.50 bits per heavy atom. The standard InChI is InChI=1S/C20H27BrN4O/c1-13(2)18-17(21)19(24-23-18)20(26)22-12-16(25-10-4-5-11-25)15-8-6-14(3)7-9-15/h6-9,13,16H,4-5,10-12H2,1-3H3,(H,22,26)(H,23,24). The number of amides is 1. The Bertz CT molecular complexity index is 748. The average Bonchev–Trinajstić information content (AvgIpc) is 3.26. The topological polar surface area (TPSA) is 61.0 Å². The number of hydrogen-bond donors (Lipinski definition) is 2. The van der Waals surface area contributed by atoms with Crippen molar-refractivity contribution in [1.82, 2.24) is 20.4 Å². The average molecular weight is 419 g/mol. The van der Waals surface area contributed by atoms with Crippen molar-refractivity contribution in [3.8, 4) is 0 Å². The molecule has 1 aromatic heterocycles. The molecule has 1 aromatic carbocycles. The minimum absolute atomic E-state index is 0.142. The highest BCUT2D eigenvalue weighted by Gasteiger charge is 2.25. The third-order valence-corrected chi connectivity index (χ3v) is 5.83. The number of nitrogens with zero attached hydrogens (tertiary/aromatic N) is 2. The Kier molecular flexibility index (Phi) is 6.14. The molecule has 0 saturated carbocycles. The zero-order valence-corrected chi connectivity index (χ0v) is 17.3. The van der Waals surface area contributed by atoms with E-state index in [4.69, 9.17) is 0 Å². The van der Waals surface area contributed by atoms with Gasteiger partial charge >= 0.3 is 0 Å². The summed E-state index contributed by atoms with van der Waals surface area (Å²) in [5.74, 6) is 0.139. The van der Waals surface area contributed by atoms with Gasteiger partial charge in [-0.05, 0) is 60.3 Å². The lowest BCUT2D eigenvalue weighted by Gasteiger charge is -2.28. The number of H-pyrrole nitrogens is 1. The molecule has 0 aliphatic carbocycles. The Morgan fingerprint density at radius 1 is 1.27 bits per heavy atom. The van der Waals surface area contributed by atoms with E-state index in [0.29, 0.717) is 12.2 Å². The largest absolute Gasteiger partial charge is 0.349 e. The summed E-state index contributed by atoms with van der Waals surface area (Å²) >= 11 is 3.51. The number of aromatic nitrogens is 2. The maximum Gasteiger partial charge on any atom is 0.273 e. The lowest BCUT2D eigenvalue weighted by atomic mass is 10.0. The van der Waals surface area contributed by atoms with Gasteiger partial charge in [0.25, 0.3) is 5.91 Å². The van der Waals surface area contributed by atoms with Crippen molar-refractivity contribution in [3.63, 3.8) is 0 Å². The van der Waals surface area contributed by atoms with Crippen LogP contribution in [0.25, 0.3) is 0 Å². The number of rotatable bonds is 6. The van der Waals surface area contributed by atoms with Gasteiger partial charge < -0.3 is 5.32 Å². The monoisotopic (exact) mass is 418 g/mol. The first-order valence-corrected chi connectivity index (χ1v) is 10.1. The van der Waals surface area contributed by atoms with Crippen LogP contribution < -0.4 is 5.32 Å². The second-order valence-corrected chi connectivity index (χ2v) is 8.13. The molecular weight excluding hydrogens is 392 g/mol. The molecule has 26 heavy (non-hydrogen) atoms. The van der Waals surface area contributed by atoms with E-state index in [1.807, 2.05) is 0 Å². The second-order valence-electron chi connectivity index (χ2n) is 7.33. The van der Waals surface area contributed by atoms with Crippen LogP contribution >= 0.6 is 15.9 Å². The zero-order chi connectivity index (χ0) is 18.7. The van der Waals surface area contributed by atoms with Crippen molar-refractivity contribution in [3.05, 3.63) is 51.3 Å². The van der Waals surface area contributed by atoms with Gasteiger partial charge in [-0.1, -0.05) is 43.7 Å². The molecule has 140 valence electrons. The summed E-state index contributed by atoms with van der Waals surface area (Å²) in [7, 11) is 0. The Balaban J connectivity index is 1.73. The molecule has 0 bridgehead atoms. The van der Waals surface area contributed by atoms with Crippen LogP contribution in [0.2, 0.25) is 0 Å². The van der Waals surface area contributed by atoms with Gasteiger partial charge in [-0.3, -0.25) is 14.8 Å². The fourth-order valence-electron chi connectivity index (χ4n) is 3.45. The molecular formula is C20H27BrN4O. The number of carbonyl (C=O) groups is 1. The van der Waals surface area contributed by atoms with E-state index < -0.39 is 0 Å². The first-order valence-electron chi connectivity index (χ1n) is 9.30. The summed E-state index contributed by atoms with van der Waals surface area (Å²) < 4.78 is 0.762. The van der Waals surface area contributed by atoms with Crippen molar-refractivity contribution in [2.75, 3.05) is 19.6 Å². The summed E-state index contributed by atoms with van der Waals surface area (Å²) in [4.78, 5) is 15.1. The van der Waals surface area contributed by atoms with Crippen molar-refractivity contribution < 1.29 is 4.79 Å². The van der Waals surface area contributed by atoms with Crippen LogP contribution in [0.1, 0.15) is 66.0 Å². The van der Waals surface area contributed by atoms with E-state index >= 15 is 0 Å². The highest BCUT2D eigenvalue weighted by Crippen LogP contribution is 2.27. The van der Waals surface area contributed by atoms with Crippen LogP contribution in [-0.2, 0) is 0 Å². The molecule has 5 nitrogen and oxygen atoms in total. The lowest BCUT2D eigenvalue weighted by Crippen LogP contribution is -2.37. The highest BCUT2D eigenvalue weighted by atomic mass is 79.9. The third kappa shape index (κ3) is 4.18. The number of hydrogen-bond acceptors (Lipinski definition) is 3. The summed E-state index contributed by atoms with van der Waals surface area (Å²) in [6.07, 6.45) is 2.44. The maximum absolute atomic E-state index is 12.7. The summed E-state index contributed by atoms with van der Waals surface area (Å²) in [5, 5.41) is 10.3. The van der Waals surface area contributed by atoms with Crippen molar-refractivity contribution in [2.45, 2.75) is 45.6 Å². The maximum atomic E-state index is 12.7. The predicted molar refractivity (Wildman–Crippen MR) is 107 cm³/mol. The predicted octanol–water partition coefficient (Wildman–Crippen LogP) is 4.17. The number of aromatic amines is 1. The van der Waals surface area contributed by atoms with E-state index in [1.54, 1.807) is 0 Å². The third-order valence-electron chi connectivity index (χ3n) is 5.02. The molecule has 1 unspecified atom stereocenters. The Morgan fingerprint density at radius 2 is 1.92 bits per heavy atom. The van der Waals surface area contributed by atoms with Crippen LogP contribution in [0, 0.1) is 6.92 Å². The van der Waals surface area contributed by atoms with Gasteiger partial charge in [-0.2, -0.15) is 5.10 Å². The van der Waals surface area contributed by atoms with Crippen LogP contribution in [0.5, 0.6) is 0 Å². The quantitative estimate of drug-likeness (QED) is 0.739. The minimum Gasteiger partial charge on any atom is -0.349 e. The van der Waals surface area contributed by atoms with Gasteiger partial charge in [0.15, 0.2) is 5.69 Å². The van der Waals surface area contributed by atoms with Crippen molar-refractivity contribution >= 4 is 21.8 Å². The lowest BCUT2D eigenvalue weighted by molar-refractivity contribution is 0.0932. The molecule has 2 aromatic rings. The van der Waals surface area contributed by atoms with Crippen LogP contribution in [0.15, 0.2) is 28.7 Å². The summed E-state index contributed by atoms with van der Waals surface area (Å²) in [6.45, 7) is 8.98. The van der Waals surface area contributed by atoms with Gasteiger partial charge in [-0.15, -0.1) is 0 Å². The van der Waals surface area contributed by atoms with E-state index in [-0.39, 0.29) is 17.9 Å². The zero-order valence-electron chi connectivity index (χ0n) is 15.7. The number of halogens is 1. The van der Waals surface area contributed by atoms with Crippen LogP contribution in [0.3, 0.4) is 0 Å². The molecule has 2 N–H and O–H groups in total. The highest BCUT2D eigenvalue weighted by molar-refractivity contribution is 9.10. The van der Waals surface area contributed by atoms with Gasteiger partial charge in [0, 0.05) is 6.54 Å². The van der Waals surface area contributed by atoms with Crippen molar-refractivity contribution in [2.24, 2.45) is 0 Å². The molecule has 0 radical (unpaired) electrons. The van der Waals surface area contributed by atoms with Crippen LogP contribution in [-0.4, -0.2) is 40.6 Å². The van der Waals surface area contributed by atoms with Crippen molar-refractivity contribution in [1.29, 1.82) is 0 Å². The first kappa shape index (κ1) is 19.1. The molecule has 1 fully saturated rings. The number of likely N-dealkylation sites (tertiary alicyclic amines) is 1. The molecule has 1 aliphatic rings. The molecule has 3 rings (SSSR count). The number of benzene rings is 1. The summed E-state index contributed by atoms with van der Waals surface area (Å²) in [5.41, 5.74) is 3.88. The molecule has 6 heteroatoms. The van der Waals surface area contributed by atoms with E-state index in [9.17, 15) is 4.79 Å². The number of nitrogens with one attached hydrogen (secondary N) is 2. The molecule has 1 aliphatic heterocycles. The number of aryl methyl sites for hydroxylation is 1. The van der Waals surface area contributed by atoms with Crippen LogP contribution in [0.4, 0.5) is 0 Å². The van der Waals surface area contributed by atoms with Gasteiger partial charge in [0.05, 0.1) is 16.2 Å². The first-order chi connectivity index (χ1) is 12.5. The van der Waals surface area contributed by atoms with E-state index in [0.717, 1.165) is 23.3 Å². The normalized spacial score (nSPS) is 16.2. The van der Waals surface area contributed by atoms with Gasteiger partial charge in [-0.25, -0.2) is 0 Å². The summed E-state index contributed by atoms with van der Waals surface area (Å²) in [6, 6.07) is 8.82. The van der Waals surface area contributed by atoms with Gasteiger partial charge in [0.1, 0.15) is 0 Å². The molecule has 1 saturated heterocycles. The Labute approximate surface area is 163 Å². The fraction of sp³-hybridized carbons (Fsp3) is 0.500. The molecule has 2 heterocycles.